The Bertz CT molecular complexity index is 817. The van der Waals surface area contributed by atoms with Crippen LogP contribution in [-0.4, -0.2) is 51.8 Å². The number of H-pyrrole nitrogens is 1. The van der Waals surface area contributed by atoms with Gasteiger partial charge in [-0.05, 0) is 25.1 Å². The summed E-state index contributed by atoms with van der Waals surface area (Å²) in [6.07, 6.45) is 0.195. The second kappa shape index (κ2) is 4.61. The number of rotatable bonds is 1. The fraction of sp³-hybridized carbons (Fsp3) is 0.400. The molecule has 2 amide bonds. The number of nitrogens with zero attached hydrogens (tertiary/aromatic N) is 2. The third kappa shape index (κ3) is 2.01. The van der Waals surface area contributed by atoms with Crippen molar-refractivity contribution in [1.82, 2.24) is 20.4 Å². The number of nitrogens with two attached hydrogens (primary N) is 1. The van der Waals surface area contributed by atoms with Crippen LogP contribution in [-0.2, 0) is 4.74 Å². The maximum Gasteiger partial charge on any atom is 0.408 e. The number of amides is 2. The number of alkyl carbamates (subject to hydrolysis) is 1. The van der Waals surface area contributed by atoms with Crippen LogP contribution < -0.4 is 11.1 Å². The highest BCUT2D eigenvalue weighted by Crippen LogP contribution is 2.34. The van der Waals surface area contributed by atoms with E-state index in [-0.39, 0.29) is 11.9 Å². The van der Waals surface area contributed by atoms with Gasteiger partial charge >= 0.3 is 6.09 Å². The maximum absolute atomic E-state index is 12.8. The van der Waals surface area contributed by atoms with Crippen LogP contribution in [0.25, 0.3) is 10.9 Å². The Labute approximate surface area is 132 Å². The Morgan fingerprint density at radius 1 is 1.52 bits per heavy atom. The minimum atomic E-state index is -0.636. The molecule has 23 heavy (non-hydrogen) atoms. The van der Waals surface area contributed by atoms with E-state index in [1.54, 1.807) is 23.1 Å². The van der Waals surface area contributed by atoms with Gasteiger partial charge < -0.3 is 20.7 Å². The number of nitrogens with one attached hydrogen (secondary N) is 2. The van der Waals surface area contributed by atoms with Gasteiger partial charge in [0.05, 0.1) is 18.1 Å². The van der Waals surface area contributed by atoms with Crippen LogP contribution in [0, 0.1) is 0 Å². The topological polar surface area (TPSA) is 113 Å². The lowest BCUT2D eigenvalue weighted by molar-refractivity contribution is 0.0430. The lowest BCUT2D eigenvalue weighted by Crippen LogP contribution is -2.44. The summed E-state index contributed by atoms with van der Waals surface area (Å²) in [5, 5.41) is 10.5. The van der Waals surface area contributed by atoms with Crippen LogP contribution in [0.3, 0.4) is 0 Å². The second-order valence-corrected chi connectivity index (χ2v) is 6.17. The second-order valence-electron chi connectivity index (χ2n) is 6.17. The summed E-state index contributed by atoms with van der Waals surface area (Å²) in [6, 6.07) is 5.15. The molecule has 3 heterocycles. The molecule has 0 saturated carbocycles. The van der Waals surface area contributed by atoms with Gasteiger partial charge in [0, 0.05) is 24.0 Å². The van der Waals surface area contributed by atoms with Crippen LogP contribution in [0.5, 0.6) is 0 Å². The van der Waals surface area contributed by atoms with Crippen LogP contribution >= 0.6 is 0 Å². The number of benzene rings is 1. The SMILES string of the molecule is CC1NC(=O)OC12CCN(C(=O)c1n[nH]c3cc(N)ccc13)C2. The van der Waals surface area contributed by atoms with E-state index < -0.39 is 11.7 Å². The van der Waals surface area contributed by atoms with Crippen LogP contribution in [0.1, 0.15) is 23.8 Å². The first-order valence-corrected chi connectivity index (χ1v) is 7.51. The number of likely N-dealkylation sites (tertiary alicyclic amines) is 1. The molecule has 2 atom stereocenters. The normalized spacial score (nSPS) is 26.7. The van der Waals surface area contributed by atoms with Crippen molar-refractivity contribution in [3.63, 3.8) is 0 Å². The monoisotopic (exact) mass is 315 g/mol. The van der Waals surface area contributed by atoms with Crippen molar-refractivity contribution in [3.05, 3.63) is 23.9 Å². The van der Waals surface area contributed by atoms with Crippen molar-refractivity contribution in [2.24, 2.45) is 0 Å². The zero-order valence-corrected chi connectivity index (χ0v) is 12.6. The van der Waals surface area contributed by atoms with Gasteiger partial charge in [0.15, 0.2) is 11.3 Å². The zero-order valence-electron chi connectivity index (χ0n) is 12.6. The van der Waals surface area contributed by atoms with Crippen molar-refractivity contribution in [1.29, 1.82) is 0 Å². The van der Waals surface area contributed by atoms with E-state index in [2.05, 4.69) is 15.5 Å². The van der Waals surface area contributed by atoms with Gasteiger partial charge in [-0.15, -0.1) is 0 Å². The molecule has 0 bridgehead atoms. The van der Waals surface area contributed by atoms with Gasteiger partial charge in [-0.1, -0.05) is 0 Å². The quantitative estimate of drug-likeness (QED) is 0.675. The maximum atomic E-state index is 12.8. The van der Waals surface area contributed by atoms with E-state index in [1.807, 2.05) is 6.92 Å². The number of carbonyl (C=O) groups excluding carboxylic acids is 2. The molecular weight excluding hydrogens is 298 g/mol. The number of aromatic amines is 1. The molecule has 120 valence electrons. The molecule has 4 N–H and O–H groups in total. The van der Waals surface area contributed by atoms with E-state index in [9.17, 15) is 9.59 Å². The molecule has 2 unspecified atom stereocenters. The fourth-order valence-electron chi connectivity index (χ4n) is 3.38. The molecule has 1 aromatic carbocycles. The van der Waals surface area contributed by atoms with E-state index in [0.29, 0.717) is 30.9 Å². The number of carbonyl (C=O) groups is 2. The molecule has 0 radical (unpaired) electrons. The molecule has 2 saturated heterocycles. The molecular formula is C15H17N5O3. The van der Waals surface area contributed by atoms with Gasteiger partial charge in [-0.3, -0.25) is 9.89 Å². The smallest absolute Gasteiger partial charge is 0.408 e. The Hall–Kier alpha value is -2.77. The third-order valence-electron chi connectivity index (χ3n) is 4.76. The highest BCUT2D eigenvalue weighted by Gasteiger charge is 2.52. The molecule has 8 nitrogen and oxygen atoms in total. The molecule has 1 spiro atoms. The summed E-state index contributed by atoms with van der Waals surface area (Å²) < 4.78 is 5.43. The van der Waals surface area contributed by atoms with Crippen molar-refractivity contribution < 1.29 is 14.3 Å². The van der Waals surface area contributed by atoms with Gasteiger partial charge in [0.25, 0.3) is 5.91 Å². The predicted octanol–water partition coefficient (Wildman–Crippen LogP) is 0.858. The summed E-state index contributed by atoms with van der Waals surface area (Å²) in [7, 11) is 0. The van der Waals surface area contributed by atoms with Crippen molar-refractivity contribution in [2.75, 3.05) is 18.8 Å². The average molecular weight is 315 g/mol. The van der Waals surface area contributed by atoms with Gasteiger partial charge in [-0.25, -0.2) is 4.79 Å². The first kappa shape index (κ1) is 13.9. The van der Waals surface area contributed by atoms with E-state index in [1.165, 1.54) is 0 Å². The number of ether oxygens (including phenoxy) is 1. The lowest BCUT2D eigenvalue weighted by Gasteiger charge is -2.25. The lowest BCUT2D eigenvalue weighted by atomic mass is 9.95. The zero-order chi connectivity index (χ0) is 16.2. The highest BCUT2D eigenvalue weighted by molar-refractivity contribution is 6.05. The Balaban J connectivity index is 1.61. The molecule has 2 fully saturated rings. The van der Waals surface area contributed by atoms with Crippen LogP contribution in [0.15, 0.2) is 18.2 Å². The molecule has 0 aliphatic carbocycles. The summed E-state index contributed by atoms with van der Waals surface area (Å²) >= 11 is 0. The third-order valence-corrected chi connectivity index (χ3v) is 4.76. The van der Waals surface area contributed by atoms with E-state index in [4.69, 9.17) is 10.5 Å². The minimum Gasteiger partial charge on any atom is -0.439 e. The first-order chi connectivity index (χ1) is 11.0. The van der Waals surface area contributed by atoms with Crippen molar-refractivity contribution in [2.45, 2.75) is 25.0 Å². The molecule has 2 aliphatic heterocycles. The molecule has 2 aliphatic rings. The van der Waals surface area contributed by atoms with E-state index in [0.717, 1.165) is 10.9 Å². The number of nitrogen functional groups attached to an aromatic ring is 1. The van der Waals surface area contributed by atoms with Gasteiger partial charge in [-0.2, -0.15) is 5.10 Å². The number of hydrogen-bond acceptors (Lipinski definition) is 5. The van der Waals surface area contributed by atoms with Crippen molar-refractivity contribution >= 4 is 28.6 Å². The summed E-state index contributed by atoms with van der Waals surface area (Å²) in [6.45, 7) is 2.79. The largest absolute Gasteiger partial charge is 0.439 e. The molecule has 8 heteroatoms. The van der Waals surface area contributed by atoms with Gasteiger partial charge in [0.1, 0.15) is 0 Å². The standard InChI is InChI=1S/C15H17N5O3/c1-8-15(23-14(22)17-8)4-5-20(7-15)13(21)12-10-3-2-9(16)6-11(10)18-19-12/h2-3,6,8H,4-5,7,16H2,1H3,(H,17,22)(H,18,19). The first-order valence-electron chi connectivity index (χ1n) is 7.51. The van der Waals surface area contributed by atoms with E-state index >= 15 is 0 Å². The average Bonchev–Trinajstić information content (AvgIpc) is 3.17. The minimum absolute atomic E-state index is 0.122. The Morgan fingerprint density at radius 3 is 3.09 bits per heavy atom. The summed E-state index contributed by atoms with van der Waals surface area (Å²) in [4.78, 5) is 25.9. The fourth-order valence-corrected chi connectivity index (χ4v) is 3.38. The number of hydrogen-bond donors (Lipinski definition) is 3. The molecule has 1 aromatic heterocycles. The number of fused-ring (bicyclic) bond motifs is 1. The Kier molecular flexibility index (Phi) is 2.78. The van der Waals surface area contributed by atoms with Gasteiger partial charge in [0.2, 0.25) is 0 Å². The van der Waals surface area contributed by atoms with Crippen LogP contribution in [0.2, 0.25) is 0 Å². The molecule has 2 aromatic rings. The highest BCUT2D eigenvalue weighted by atomic mass is 16.6. The van der Waals surface area contributed by atoms with Crippen molar-refractivity contribution in [3.8, 4) is 0 Å². The molecule has 4 rings (SSSR count). The number of anilines is 1. The Morgan fingerprint density at radius 2 is 2.35 bits per heavy atom. The summed E-state index contributed by atoms with van der Waals surface area (Å²) in [5.41, 5.74) is 6.80. The predicted molar refractivity (Wildman–Crippen MR) is 82.8 cm³/mol. The summed E-state index contributed by atoms with van der Waals surface area (Å²) in [5.74, 6) is -0.173. The van der Waals surface area contributed by atoms with Crippen LogP contribution in [0.4, 0.5) is 10.5 Å². The number of aromatic nitrogens is 2.